The van der Waals surface area contributed by atoms with Crippen molar-refractivity contribution in [2.75, 3.05) is 20.3 Å². The molecular weight excluding hydrogens is 380 g/mol. The summed E-state index contributed by atoms with van der Waals surface area (Å²) >= 11 is 0. The molecule has 156 valence electrons. The Morgan fingerprint density at radius 3 is 2.00 bits per heavy atom. The van der Waals surface area contributed by atoms with Crippen molar-refractivity contribution in [2.45, 2.75) is 33.6 Å². The summed E-state index contributed by atoms with van der Waals surface area (Å²) in [4.78, 5) is 36.3. The van der Waals surface area contributed by atoms with Crippen molar-refractivity contribution in [3.8, 4) is 5.75 Å². The van der Waals surface area contributed by atoms with E-state index in [1.807, 2.05) is 0 Å². The van der Waals surface area contributed by atoms with Gasteiger partial charge in [0.2, 0.25) is 0 Å². The number of hydrogen-bond donors (Lipinski definition) is 1. The molecule has 1 aliphatic heterocycles. The molecular formula is C20H24N2O7. The number of methoxy groups -OCH3 is 1. The molecule has 2 rings (SSSR count). The van der Waals surface area contributed by atoms with Crippen LogP contribution >= 0.6 is 0 Å². The molecule has 1 aromatic carbocycles. The van der Waals surface area contributed by atoms with Gasteiger partial charge in [0.25, 0.3) is 0 Å². The molecule has 1 aromatic rings. The predicted molar refractivity (Wildman–Crippen MR) is 104 cm³/mol. The van der Waals surface area contributed by atoms with Gasteiger partial charge in [0, 0.05) is 17.5 Å². The Morgan fingerprint density at radius 2 is 1.59 bits per heavy atom. The maximum Gasteiger partial charge on any atom is 0.336 e. The Morgan fingerprint density at radius 1 is 1.07 bits per heavy atom. The van der Waals surface area contributed by atoms with Gasteiger partial charge in [-0.1, -0.05) is 6.07 Å². The first-order chi connectivity index (χ1) is 13.8. The van der Waals surface area contributed by atoms with Gasteiger partial charge in [0.05, 0.1) is 42.3 Å². The van der Waals surface area contributed by atoms with Crippen molar-refractivity contribution in [1.29, 1.82) is 0 Å². The standard InChI is InChI=1S/C20H24N2O7/c1-6-28-19(23)16-11(3)21-12(4)17(20(24)29-7-2)18(16)13-8-9-15(27-5)14(10-13)22(25)26/h8-10,18,21H,6-7H2,1-5H3. The number of esters is 2. The maximum atomic E-state index is 12.7. The molecule has 0 saturated carbocycles. The molecule has 1 N–H and O–H groups in total. The minimum atomic E-state index is -0.890. The summed E-state index contributed by atoms with van der Waals surface area (Å²) in [6.07, 6.45) is 0. The molecule has 1 aliphatic rings. The summed E-state index contributed by atoms with van der Waals surface area (Å²) < 4.78 is 15.4. The second kappa shape index (κ2) is 9.22. The third-order valence-corrected chi connectivity index (χ3v) is 4.48. The highest BCUT2D eigenvalue weighted by atomic mass is 16.6. The van der Waals surface area contributed by atoms with E-state index in [9.17, 15) is 19.7 Å². The van der Waals surface area contributed by atoms with Crippen LogP contribution < -0.4 is 10.1 Å². The van der Waals surface area contributed by atoms with Crippen LogP contribution in [0.3, 0.4) is 0 Å². The first kappa shape index (κ1) is 21.9. The molecule has 0 saturated heterocycles. The number of benzene rings is 1. The molecule has 0 unspecified atom stereocenters. The van der Waals surface area contributed by atoms with Crippen LogP contribution in [0.4, 0.5) is 5.69 Å². The lowest BCUT2D eigenvalue weighted by Gasteiger charge is -2.30. The summed E-state index contributed by atoms with van der Waals surface area (Å²) in [6.45, 7) is 6.99. The van der Waals surface area contributed by atoms with Crippen LogP contribution in [0.5, 0.6) is 5.75 Å². The lowest BCUT2D eigenvalue weighted by molar-refractivity contribution is -0.385. The second-order valence-electron chi connectivity index (χ2n) is 6.26. The SMILES string of the molecule is CCOC(=O)C1=C(C)NC(C)=C(C(=O)OCC)C1c1ccc(OC)c([N+](=O)[O-])c1. The third-order valence-electron chi connectivity index (χ3n) is 4.48. The van der Waals surface area contributed by atoms with Crippen LogP contribution in [0.25, 0.3) is 0 Å². The van der Waals surface area contributed by atoms with E-state index in [1.54, 1.807) is 33.8 Å². The van der Waals surface area contributed by atoms with E-state index in [1.165, 1.54) is 19.2 Å². The average Bonchev–Trinajstić information content (AvgIpc) is 2.66. The molecule has 9 heteroatoms. The summed E-state index contributed by atoms with van der Waals surface area (Å²) in [6, 6.07) is 4.32. The van der Waals surface area contributed by atoms with E-state index in [4.69, 9.17) is 14.2 Å². The van der Waals surface area contributed by atoms with Crippen LogP contribution in [0.2, 0.25) is 0 Å². The number of carbonyl (C=O) groups is 2. The molecule has 0 amide bonds. The van der Waals surface area contributed by atoms with Gasteiger partial charge in [-0.2, -0.15) is 0 Å². The number of allylic oxidation sites excluding steroid dienone is 2. The molecule has 0 atom stereocenters. The van der Waals surface area contributed by atoms with Crippen molar-refractivity contribution in [3.05, 3.63) is 56.4 Å². The molecule has 0 aromatic heterocycles. The second-order valence-corrected chi connectivity index (χ2v) is 6.26. The largest absolute Gasteiger partial charge is 0.490 e. The Labute approximate surface area is 168 Å². The molecule has 9 nitrogen and oxygen atoms in total. The number of ether oxygens (including phenoxy) is 3. The van der Waals surface area contributed by atoms with E-state index < -0.39 is 22.8 Å². The first-order valence-corrected chi connectivity index (χ1v) is 9.11. The van der Waals surface area contributed by atoms with Crippen LogP contribution in [-0.2, 0) is 19.1 Å². The zero-order valence-electron chi connectivity index (χ0n) is 17.0. The van der Waals surface area contributed by atoms with Gasteiger partial charge in [0.1, 0.15) is 0 Å². The number of nitro benzene ring substituents is 1. The van der Waals surface area contributed by atoms with Crippen LogP contribution in [0.1, 0.15) is 39.2 Å². The van der Waals surface area contributed by atoms with E-state index in [0.29, 0.717) is 17.0 Å². The zero-order chi connectivity index (χ0) is 21.7. The van der Waals surface area contributed by atoms with E-state index >= 15 is 0 Å². The number of nitro groups is 1. The molecule has 0 radical (unpaired) electrons. The van der Waals surface area contributed by atoms with Gasteiger partial charge >= 0.3 is 17.6 Å². The highest BCUT2D eigenvalue weighted by Crippen LogP contribution is 2.41. The number of hydrogen-bond acceptors (Lipinski definition) is 8. The van der Waals surface area contributed by atoms with Crippen molar-refractivity contribution < 1.29 is 28.7 Å². The fourth-order valence-electron chi connectivity index (χ4n) is 3.32. The highest BCUT2D eigenvalue weighted by Gasteiger charge is 2.38. The monoisotopic (exact) mass is 404 g/mol. The summed E-state index contributed by atoms with van der Waals surface area (Å²) in [5.41, 5.74) is 1.49. The summed E-state index contributed by atoms with van der Waals surface area (Å²) in [5.74, 6) is -2.05. The lowest BCUT2D eigenvalue weighted by Crippen LogP contribution is -2.32. The Hall–Kier alpha value is -3.36. The molecule has 0 spiro atoms. The predicted octanol–water partition coefficient (Wildman–Crippen LogP) is 2.96. The summed E-state index contributed by atoms with van der Waals surface area (Å²) in [7, 11) is 1.33. The van der Waals surface area contributed by atoms with Gasteiger partial charge in [-0.3, -0.25) is 10.1 Å². The van der Waals surface area contributed by atoms with Crippen molar-refractivity contribution in [2.24, 2.45) is 0 Å². The average molecular weight is 404 g/mol. The van der Waals surface area contributed by atoms with E-state index in [0.717, 1.165) is 0 Å². The zero-order valence-corrected chi connectivity index (χ0v) is 17.0. The number of dihydropyridines is 1. The number of rotatable bonds is 7. The van der Waals surface area contributed by atoms with Gasteiger partial charge in [0.15, 0.2) is 5.75 Å². The smallest absolute Gasteiger partial charge is 0.336 e. The molecule has 29 heavy (non-hydrogen) atoms. The van der Waals surface area contributed by atoms with Gasteiger partial charge in [-0.05, 0) is 39.3 Å². The number of nitrogens with zero attached hydrogens (tertiary/aromatic N) is 1. The first-order valence-electron chi connectivity index (χ1n) is 9.11. The van der Waals surface area contributed by atoms with Gasteiger partial charge in [-0.15, -0.1) is 0 Å². The highest BCUT2D eigenvalue weighted by molar-refractivity contribution is 6.00. The van der Waals surface area contributed by atoms with Crippen LogP contribution in [0, 0.1) is 10.1 Å². The maximum absolute atomic E-state index is 12.7. The fraction of sp³-hybridized carbons (Fsp3) is 0.400. The Bertz CT molecular complexity index is 862. The third kappa shape index (κ3) is 4.39. The fourth-order valence-corrected chi connectivity index (χ4v) is 3.32. The number of nitrogens with one attached hydrogen (secondary N) is 1. The normalized spacial score (nSPS) is 14.4. The van der Waals surface area contributed by atoms with E-state index in [-0.39, 0.29) is 35.8 Å². The Kier molecular flexibility index (Phi) is 6.98. The topological polar surface area (TPSA) is 117 Å². The molecule has 0 aliphatic carbocycles. The molecule has 0 bridgehead atoms. The minimum absolute atomic E-state index is 0.0736. The minimum Gasteiger partial charge on any atom is -0.490 e. The summed E-state index contributed by atoms with van der Waals surface area (Å²) in [5, 5.41) is 14.5. The van der Waals surface area contributed by atoms with E-state index in [2.05, 4.69) is 5.32 Å². The van der Waals surface area contributed by atoms with Crippen molar-refractivity contribution in [1.82, 2.24) is 5.32 Å². The van der Waals surface area contributed by atoms with Crippen LogP contribution in [-0.4, -0.2) is 37.2 Å². The number of carbonyl (C=O) groups excluding carboxylic acids is 2. The van der Waals surface area contributed by atoms with Gasteiger partial charge in [-0.25, -0.2) is 9.59 Å². The molecule has 0 fully saturated rings. The van der Waals surface area contributed by atoms with Crippen molar-refractivity contribution >= 4 is 17.6 Å². The Balaban J connectivity index is 2.74. The van der Waals surface area contributed by atoms with Crippen molar-refractivity contribution in [3.63, 3.8) is 0 Å². The lowest BCUT2D eigenvalue weighted by atomic mass is 9.80. The quantitative estimate of drug-likeness (QED) is 0.419. The van der Waals surface area contributed by atoms with Crippen LogP contribution in [0.15, 0.2) is 40.7 Å². The van der Waals surface area contributed by atoms with Gasteiger partial charge < -0.3 is 19.5 Å². The molecule has 1 heterocycles.